The van der Waals surface area contributed by atoms with Crippen molar-refractivity contribution in [3.63, 3.8) is 0 Å². The first-order valence-electron chi connectivity index (χ1n) is 4.88. The van der Waals surface area contributed by atoms with E-state index >= 15 is 0 Å². The Kier molecular flexibility index (Phi) is 4.88. The van der Waals surface area contributed by atoms with Gasteiger partial charge in [0.05, 0.1) is 7.11 Å². The maximum Gasteiger partial charge on any atom is 0.123 e. The molecule has 4 heteroatoms. The molecule has 0 aliphatic carbocycles. The molecular formula is C11H17ClN2O. The molecule has 0 radical (unpaired) electrons. The summed E-state index contributed by atoms with van der Waals surface area (Å²) >= 11 is 5.97. The highest BCUT2D eigenvalue weighted by molar-refractivity contribution is 6.30. The number of nitrogens with one attached hydrogen (secondary N) is 2. The van der Waals surface area contributed by atoms with Crippen LogP contribution in [-0.2, 0) is 0 Å². The number of methoxy groups -OCH3 is 1. The first-order valence-corrected chi connectivity index (χ1v) is 5.26. The Morgan fingerprint density at radius 3 is 2.67 bits per heavy atom. The van der Waals surface area contributed by atoms with E-state index in [1.807, 2.05) is 32.3 Å². The molecule has 0 bridgehead atoms. The molecule has 0 amide bonds. The Labute approximate surface area is 95.8 Å². The minimum absolute atomic E-state index is 0.198. The van der Waals surface area contributed by atoms with E-state index in [0.29, 0.717) is 0 Å². The molecule has 1 aromatic rings. The predicted octanol–water partition coefficient (Wildman–Crippen LogP) is 1.83. The van der Waals surface area contributed by atoms with Crippen molar-refractivity contribution in [1.82, 2.24) is 10.6 Å². The van der Waals surface area contributed by atoms with Crippen molar-refractivity contribution in [2.75, 3.05) is 27.7 Å². The minimum atomic E-state index is 0.198. The maximum atomic E-state index is 5.97. The molecule has 1 aromatic carbocycles. The van der Waals surface area contributed by atoms with Crippen molar-refractivity contribution >= 4 is 11.6 Å². The molecule has 0 aromatic heterocycles. The van der Waals surface area contributed by atoms with Crippen molar-refractivity contribution < 1.29 is 4.74 Å². The first-order chi connectivity index (χ1) is 7.22. The van der Waals surface area contributed by atoms with E-state index in [1.54, 1.807) is 7.11 Å². The average molecular weight is 229 g/mol. The Morgan fingerprint density at radius 2 is 2.13 bits per heavy atom. The van der Waals surface area contributed by atoms with Crippen LogP contribution in [0.4, 0.5) is 0 Å². The summed E-state index contributed by atoms with van der Waals surface area (Å²) in [5.41, 5.74) is 1.07. The Morgan fingerprint density at radius 1 is 1.40 bits per heavy atom. The van der Waals surface area contributed by atoms with Crippen molar-refractivity contribution in [3.05, 3.63) is 28.8 Å². The lowest BCUT2D eigenvalue weighted by Crippen LogP contribution is -2.27. The summed E-state index contributed by atoms with van der Waals surface area (Å²) in [6.45, 7) is 0.827. The summed E-state index contributed by atoms with van der Waals surface area (Å²) in [6.07, 6.45) is 0. The molecule has 0 saturated heterocycles. The third-order valence-electron chi connectivity index (χ3n) is 2.32. The number of hydrogen-bond donors (Lipinski definition) is 2. The molecule has 0 fully saturated rings. The largest absolute Gasteiger partial charge is 0.496 e. The first kappa shape index (κ1) is 12.3. The van der Waals surface area contributed by atoms with Gasteiger partial charge in [-0.15, -0.1) is 0 Å². The van der Waals surface area contributed by atoms with Gasteiger partial charge in [0.2, 0.25) is 0 Å². The number of halogens is 1. The van der Waals surface area contributed by atoms with Gasteiger partial charge < -0.3 is 15.4 Å². The monoisotopic (exact) mass is 228 g/mol. The van der Waals surface area contributed by atoms with Crippen LogP contribution in [0.25, 0.3) is 0 Å². The van der Waals surface area contributed by atoms with Crippen molar-refractivity contribution in [1.29, 1.82) is 0 Å². The van der Waals surface area contributed by atoms with Crippen molar-refractivity contribution in [2.24, 2.45) is 0 Å². The molecule has 0 heterocycles. The van der Waals surface area contributed by atoms with Crippen molar-refractivity contribution in [2.45, 2.75) is 6.04 Å². The highest BCUT2D eigenvalue weighted by atomic mass is 35.5. The summed E-state index contributed by atoms with van der Waals surface area (Å²) < 4.78 is 5.30. The Bertz CT molecular complexity index is 317. The zero-order valence-corrected chi connectivity index (χ0v) is 10.1. The zero-order chi connectivity index (χ0) is 11.3. The summed E-state index contributed by atoms with van der Waals surface area (Å²) in [7, 11) is 5.50. The van der Waals surface area contributed by atoms with E-state index in [0.717, 1.165) is 22.9 Å². The van der Waals surface area contributed by atoms with Gasteiger partial charge in [0, 0.05) is 23.2 Å². The fourth-order valence-corrected chi connectivity index (χ4v) is 1.73. The predicted molar refractivity (Wildman–Crippen MR) is 63.7 cm³/mol. The smallest absolute Gasteiger partial charge is 0.123 e. The van der Waals surface area contributed by atoms with Gasteiger partial charge in [-0.25, -0.2) is 0 Å². The lowest BCUT2D eigenvalue weighted by molar-refractivity contribution is 0.400. The molecule has 1 atom stereocenters. The van der Waals surface area contributed by atoms with Crippen LogP contribution in [0.15, 0.2) is 18.2 Å². The van der Waals surface area contributed by atoms with E-state index < -0.39 is 0 Å². The van der Waals surface area contributed by atoms with E-state index in [4.69, 9.17) is 16.3 Å². The van der Waals surface area contributed by atoms with Gasteiger partial charge in [0.25, 0.3) is 0 Å². The highest BCUT2D eigenvalue weighted by Gasteiger charge is 2.13. The van der Waals surface area contributed by atoms with Crippen molar-refractivity contribution in [3.8, 4) is 5.75 Å². The van der Waals surface area contributed by atoms with Crippen LogP contribution in [0.1, 0.15) is 11.6 Å². The van der Waals surface area contributed by atoms with E-state index in [2.05, 4.69) is 10.6 Å². The third-order valence-corrected chi connectivity index (χ3v) is 2.56. The fourth-order valence-electron chi connectivity index (χ4n) is 1.55. The lowest BCUT2D eigenvalue weighted by Gasteiger charge is -2.19. The third kappa shape index (κ3) is 3.09. The summed E-state index contributed by atoms with van der Waals surface area (Å²) in [5, 5.41) is 7.07. The van der Waals surface area contributed by atoms with Crippen LogP contribution in [0.5, 0.6) is 5.75 Å². The molecule has 3 nitrogen and oxygen atoms in total. The van der Waals surface area contributed by atoms with Gasteiger partial charge in [0.1, 0.15) is 5.75 Å². The number of benzene rings is 1. The van der Waals surface area contributed by atoms with Crippen LogP contribution in [0.2, 0.25) is 5.02 Å². The number of rotatable bonds is 5. The maximum absolute atomic E-state index is 5.97. The SMILES string of the molecule is CNCC(NC)c1cc(Cl)ccc1OC. The number of likely N-dealkylation sites (N-methyl/N-ethyl adjacent to an activating group) is 2. The van der Waals surface area contributed by atoms with Crippen LogP contribution >= 0.6 is 11.6 Å². The summed E-state index contributed by atoms with van der Waals surface area (Å²) in [6, 6.07) is 5.84. The lowest BCUT2D eigenvalue weighted by atomic mass is 10.1. The van der Waals surface area contributed by atoms with E-state index in [-0.39, 0.29) is 6.04 Å². The van der Waals surface area contributed by atoms with E-state index in [9.17, 15) is 0 Å². The van der Waals surface area contributed by atoms with Gasteiger partial charge in [-0.3, -0.25) is 0 Å². The van der Waals surface area contributed by atoms with Crippen LogP contribution in [-0.4, -0.2) is 27.7 Å². The van der Waals surface area contributed by atoms with Crippen LogP contribution in [0, 0.1) is 0 Å². The second-order valence-electron chi connectivity index (χ2n) is 3.29. The number of ether oxygens (including phenoxy) is 1. The molecule has 1 rings (SSSR count). The number of hydrogen-bond acceptors (Lipinski definition) is 3. The second kappa shape index (κ2) is 5.95. The van der Waals surface area contributed by atoms with Gasteiger partial charge >= 0.3 is 0 Å². The fraction of sp³-hybridized carbons (Fsp3) is 0.455. The molecule has 0 aliphatic rings. The molecule has 15 heavy (non-hydrogen) atoms. The Balaban J connectivity index is 3.02. The normalized spacial score (nSPS) is 12.5. The molecule has 1 unspecified atom stereocenters. The molecule has 0 saturated carbocycles. The average Bonchev–Trinajstić information content (AvgIpc) is 2.26. The topological polar surface area (TPSA) is 33.3 Å². The molecule has 0 aliphatic heterocycles. The molecular weight excluding hydrogens is 212 g/mol. The Hall–Kier alpha value is -0.770. The summed E-state index contributed by atoms with van der Waals surface area (Å²) in [4.78, 5) is 0. The minimum Gasteiger partial charge on any atom is -0.496 e. The highest BCUT2D eigenvalue weighted by Crippen LogP contribution is 2.27. The van der Waals surface area contributed by atoms with Crippen LogP contribution < -0.4 is 15.4 Å². The van der Waals surface area contributed by atoms with Gasteiger partial charge in [-0.2, -0.15) is 0 Å². The van der Waals surface area contributed by atoms with Gasteiger partial charge in [0.15, 0.2) is 0 Å². The van der Waals surface area contributed by atoms with Gasteiger partial charge in [-0.1, -0.05) is 11.6 Å². The molecule has 2 N–H and O–H groups in total. The standard InChI is InChI=1S/C11H17ClN2O/c1-13-7-10(14-2)9-6-8(12)4-5-11(9)15-3/h4-6,10,13-14H,7H2,1-3H3. The van der Waals surface area contributed by atoms with E-state index in [1.165, 1.54) is 0 Å². The van der Waals surface area contributed by atoms with Gasteiger partial charge in [-0.05, 0) is 32.3 Å². The second-order valence-corrected chi connectivity index (χ2v) is 3.72. The molecule has 84 valence electrons. The summed E-state index contributed by atoms with van der Waals surface area (Å²) in [5.74, 6) is 0.856. The molecule has 0 spiro atoms. The van der Waals surface area contributed by atoms with Crippen LogP contribution in [0.3, 0.4) is 0 Å². The quantitative estimate of drug-likeness (QED) is 0.807. The zero-order valence-electron chi connectivity index (χ0n) is 9.30.